The molecular formula is C11H23NO3S2. The zero-order valence-corrected chi connectivity index (χ0v) is 12.7. The molecule has 2 atom stereocenters. The molecule has 0 fully saturated rings. The Balaban J connectivity index is 4.39. The van der Waals surface area contributed by atoms with Crippen LogP contribution >= 0.6 is 0 Å². The summed E-state index contributed by atoms with van der Waals surface area (Å²) in [6, 6.07) is -0.109. The molecule has 0 aromatic heterocycles. The summed E-state index contributed by atoms with van der Waals surface area (Å²) in [5.41, 5.74) is 0. The Hall–Kier alpha value is -0.0400. The topological polar surface area (TPSA) is 69.2 Å². The van der Waals surface area contributed by atoms with E-state index in [1.54, 1.807) is 6.08 Å². The fourth-order valence-electron chi connectivity index (χ4n) is 1.11. The molecule has 0 spiro atoms. The molecule has 0 heterocycles. The Morgan fingerprint density at radius 1 is 1.47 bits per heavy atom. The van der Waals surface area contributed by atoms with E-state index in [1.807, 2.05) is 20.8 Å². The molecule has 6 heteroatoms. The van der Waals surface area contributed by atoms with Crippen molar-refractivity contribution in [2.24, 2.45) is 0 Å². The molecule has 4 nitrogen and oxygen atoms in total. The molecule has 0 saturated heterocycles. The first kappa shape index (κ1) is 17.0. The number of hydrogen-bond acceptors (Lipinski definition) is 4. The molecule has 0 aliphatic heterocycles. The lowest BCUT2D eigenvalue weighted by Gasteiger charge is -2.27. The Morgan fingerprint density at radius 3 is 2.35 bits per heavy atom. The second-order valence-corrected chi connectivity index (χ2v) is 9.40. The van der Waals surface area contributed by atoms with E-state index in [0.29, 0.717) is 12.8 Å². The zero-order valence-electron chi connectivity index (χ0n) is 11.0. The van der Waals surface area contributed by atoms with Crippen LogP contribution in [0.15, 0.2) is 12.7 Å². The van der Waals surface area contributed by atoms with Crippen LogP contribution in [-0.4, -0.2) is 35.8 Å². The predicted octanol–water partition coefficient (Wildman–Crippen LogP) is 1.42. The first-order valence-corrected chi connectivity index (χ1v) is 8.74. The SMILES string of the molecule is C=CCC(CCS(C)(=O)=O)N[S+]([O-])C(C)(C)C. The molecule has 0 rings (SSSR count). The highest BCUT2D eigenvalue weighted by atomic mass is 32.2. The molecule has 0 radical (unpaired) electrons. The summed E-state index contributed by atoms with van der Waals surface area (Å²) in [4.78, 5) is 0. The second kappa shape index (κ2) is 6.78. The van der Waals surface area contributed by atoms with Crippen molar-refractivity contribution in [3.63, 3.8) is 0 Å². The Labute approximate surface area is 108 Å². The van der Waals surface area contributed by atoms with Gasteiger partial charge >= 0.3 is 0 Å². The lowest BCUT2D eigenvalue weighted by molar-refractivity contribution is 0.511. The molecule has 17 heavy (non-hydrogen) atoms. The van der Waals surface area contributed by atoms with E-state index in [9.17, 15) is 13.0 Å². The van der Waals surface area contributed by atoms with E-state index in [1.165, 1.54) is 6.26 Å². The van der Waals surface area contributed by atoms with Crippen LogP contribution in [0, 0.1) is 0 Å². The minimum atomic E-state index is -2.98. The third-order valence-corrected chi connectivity index (χ3v) is 4.76. The second-order valence-electron chi connectivity index (χ2n) is 5.14. The number of rotatable bonds is 7. The first-order valence-electron chi connectivity index (χ1n) is 5.53. The highest BCUT2D eigenvalue weighted by Gasteiger charge is 2.29. The van der Waals surface area contributed by atoms with Gasteiger partial charge in [0.15, 0.2) is 0 Å². The molecule has 2 unspecified atom stereocenters. The van der Waals surface area contributed by atoms with Crippen LogP contribution in [0.2, 0.25) is 0 Å². The van der Waals surface area contributed by atoms with Crippen molar-refractivity contribution in [2.45, 2.75) is 44.4 Å². The van der Waals surface area contributed by atoms with Crippen LogP contribution in [0.4, 0.5) is 0 Å². The van der Waals surface area contributed by atoms with Gasteiger partial charge in [0.2, 0.25) is 0 Å². The maximum Gasteiger partial charge on any atom is 0.147 e. The van der Waals surface area contributed by atoms with Crippen molar-refractivity contribution in [1.29, 1.82) is 0 Å². The Kier molecular flexibility index (Phi) is 6.76. The third-order valence-electron chi connectivity index (χ3n) is 2.12. The largest absolute Gasteiger partial charge is 0.598 e. The summed E-state index contributed by atoms with van der Waals surface area (Å²) in [6.07, 6.45) is 3.97. The van der Waals surface area contributed by atoms with Gasteiger partial charge in [0.25, 0.3) is 0 Å². The van der Waals surface area contributed by atoms with E-state index in [-0.39, 0.29) is 16.5 Å². The summed E-state index contributed by atoms with van der Waals surface area (Å²) >= 11 is -1.19. The van der Waals surface area contributed by atoms with E-state index in [4.69, 9.17) is 0 Å². The molecule has 0 aliphatic carbocycles. The normalized spacial score (nSPS) is 16.5. The highest BCUT2D eigenvalue weighted by Crippen LogP contribution is 2.15. The van der Waals surface area contributed by atoms with Crippen LogP contribution in [0.25, 0.3) is 0 Å². The molecule has 0 aliphatic rings. The third kappa shape index (κ3) is 8.65. The molecule has 0 aromatic carbocycles. The summed E-state index contributed by atoms with van der Waals surface area (Å²) < 4.78 is 36.7. The number of sulfone groups is 1. The van der Waals surface area contributed by atoms with Crippen LogP contribution in [-0.2, 0) is 21.2 Å². The lowest BCUT2D eigenvalue weighted by Crippen LogP contribution is -2.45. The van der Waals surface area contributed by atoms with Gasteiger partial charge < -0.3 is 4.55 Å². The van der Waals surface area contributed by atoms with E-state index < -0.39 is 21.2 Å². The fraction of sp³-hybridized carbons (Fsp3) is 0.818. The number of nitrogens with one attached hydrogen (secondary N) is 1. The van der Waals surface area contributed by atoms with Crippen molar-refractivity contribution < 1.29 is 13.0 Å². The van der Waals surface area contributed by atoms with Gasteiger partial charge in [-0.3, -0.25) is 0 Å². The first-order chi connectivity index (χ1) is 7.56. The van der Waals surface area contributed by atoms with Crippen molar-refractivity contribution >= 4 is 21.2 Å². The molecule has 1 N–H and O–H groups in total. The van der Waals surface area contributed by atoms with Gasteiger partial charge in [0, 0.05) is 17.6 Å². The van der Waals surface area contributed by atoms with Crippen LogP contribution < -0.4 is 4.72 Å². The fourth-order valence-corrected chi connectivity index (χ4v) is 2.69. The van der Waals surface area contributed by atoms with E-state index in [0.717, 1.165) is 0 Å². The van der Waals surface area contributed by atoms with Gasteiger partial charge in [-0.1, -0.05) is 6.08 Å². The van der Waals surface area contributed by atoms with Crippen LogP contribution in [0.1, 0.15) is 33.6 Å². The van der Waals surface area contributed by atoms with Crippen molar-refractivity contribution in [2.75, 3.05) is 12.0 Å². The number of hydrogen-bond donors (Lipinski definition) is 1. The minimum Gasteiger partial charge on any atom is -0.598 e. The van der Waals surface area contributed by atoms with Gasteiger partial charge in [-0.2, -0.15) is 0 Å². The summed E-state index contributed by atoms with van der Waals surface area (Å²) in [5, 5.41) is 0. The molecule has 0 aromatic rings. The summed E-state index contributed by atoms with van der Waals surface area (Å²) in [6.45, 7) is 9.24. The van der Waals surface area contributed by atoms with Gasteiger partial charge in [0.1, 0.15) is 14.6 Å². The van der Waals surface area contributed by atoms with Gasteiger partial charge in [-0.15, -0.1) is 11.3 Å². The predicted molar refractivity (Wildman–Crippen MR) is 74.0 cm³/mol. The van der Waals surface area contributed by atoms with Gasteiger partial charge in [-0.25, -0.2) is 8.42 Å². The maximum absolute atomic E-state index is 11.9. The summed E-state index contributed by atoms with van der Waals surface area (Å²) in [7, 11) is -2.98. The molecule has 0 saturated carbocycles. The summed E-state index contributed by atoms with van der Waals surface area (Å²) in [5.74, 6) is 0.0971. The van der Waals surface area contributed by atoms with Crippen LogP contribution in [0.3, 0.4) is 0 Å². The zero-order chi connectivity index (χ0) is 13.7. The van der Waals surface area contributed by atoms with E-state index >= 15 is 0 Å². The molecule has 0 amide bonds. The molecule has 0 bridgehead atoms. The van der Waals surface area contributed by atoms with Gasteiger partial charge in [-0.05, 0) is 33.6 Å². The minimum absolute atomic E-state index is 0.0971. The molecule has 102 valence electrons. The Morgan fingerprint density at radius 2 is 2.00 bits per heavy atom. The molecular weight excluding hydrogens is 258 g/mol. The average Bonchev–Trinajstić information content (AvgIpc) is 2.11. The van der Waals surface area contributed by atoms with Crippen molar-refractivity contribution in [3.05, 3.63) is 12.7 Å². The smallest absolute Gasteiger partial charge is 0.147 e. The monoisotopic (exact) mass is 281 g/mol. The maximum atomic E-state index is 11.9. The van der Waals surface area contributed by atoms with Crippen molar-refractivity contribution in [3.8, 4) is 0 Å². The Bertz CT molecular complexity index is 333. The van der Waals surface area contributed by atoms with E-state index in [2.05, 4.69) is 11.3 Å². The van der Waals surface area contributed by atoms with Crippen LogP contribution in [0.5, 0.6) is 0 Å². The standard InChI is InChI=1S/C11H23NO3S2/c1-6-7-10(8-9-17(5,14)15)12-16(13)11(2,3)4/h6,10,12H,1,7-9H2,2-5H3. The van der Waals surface area contributed by atoms with Crippen molar-refractivity contribution in [1.82, 2.24) is 4.72 Å². The highest BCUT2D eigenvalue weighted by molar-refractivity contribution is 7.91. The quantitative estimate of drug-likeness (QED) is 0.566. The lowest BCUT2D eigenvalue weighted by atomic mass is 10.2. The average molecular weight is 281 g/mol. The van der Waals surface area contributed by atoms with Gasteiger partial charge in [0.05, 0.1) is 11.8 Å².